The second-order valence-electron chi connectivity index (χ2n) is 1.85. The lowest BCUT2D eigenvalue weighted by molar-refractivity contribution is -0.137. The highest BCUT2D eigenvalue weighted by Gasteiger charge is 1.98. The minimum Gasteiger partial charge on any atom is -0.488 e. The second kappa shape index (κ2) is 3.60. The molecule has 5 nitrogen and oxygen atoms in total. The maximum Gasteiger partial charge on any atom is 0.306 e. The summed E-state index contributed by atoms with van der Waals surface area (Å²) in [6, 6.07) is 0. The van der Waals surface area contributed by atoms with Crippen LogP contribution in [0.1, 0.15) is 6.42 Å². The van der Waals surface area contributed by atoms with Crippen molar-refractivity contribution < 1.29 is 19.2 Å². The molecule has 0 aliphatic rings. The molecule has 5 heteroatoms. The summed E-state index contributed by atoms with van der Waals surface area (Å²) >= 11 is 0. The third-order valence-electron chi connectivity index (χ3n) is 0.994. The number of carboxylic acids is 1. The van der Waals surface area contributed by atoms with Gasteiger partial charge in [0.05, 0.1) is 13.0 Å². The van der Waals surface area contributed by atoms with Crippen molar-refractivity contribution in [3.05, 3.63) is 12.5 Å². The first-order chi connectivity index (χ1) is 5.29. The van der Waals surface area contributed by atoms with Crippen molar-refractivity contribution >= 4 is 5.97 Å². The molecule has 0 bridgehead atoms. The standard InChI is InChI=1S/C6H7NO4/c8-6(9)1-2-10-5-3-7-11-4-5/h3-4H,1-2H2,(H,8,9). The van der Waals surface area contributed by atoms with Crippen molar-refractivity contribution in [2.24, 2.45) is 0 Å². The number of ether oxygens (including phenoxy) is 1. The Balaban J connectivity index is 2.19. The molecule has 1 aromatic heterocycles. The highest BCUT2D eigenvalue weighted by Crippen LogP contribution is 2.06. The van der Waals surface area contributed by atoms with Crippen LogP contribution in [0.25, 0.3) is 0 Å². The number of nitrogens with zero attached hydrogens (tertiary/aromatic N) is 1. The molecule has 1 rings (SSSR count). The Bertz CT molecular complexity index is 218. The normalized spacial score (nSPS) is 9.45. The molecule has 0 aromatic carbocycles. The summed E-state index contributed by atoms with van der Waals surface area (Å²) in [5.74, 6) is -0.437. The lowest BCUT2D eigenvalue weighted by Crippen LogP contribution is -2.04. The van der Waals surface area contributed by atoms with Gasteiger partial charge in [-0.05, 0) is 0 Å². The van der Waals surface area contributed by atoms with Gasteiger partial charge in [0.15, 0.2) is 12.0 Å². The lowest BCUT2D eigenvalue weighted by Gasteiger charge is -1.97. The first-order valence-electron chi connectivity index (χ1n) is 3.03. The Kier molecular flexibility index (Phi) is 2.48. The van der Waals surface area contributed by atoms with Crippen molar-refractivity contribution in [3.8, 4) is 5.75 Å². The van der Waals surface area contributed by atoms with E-state index < -0.39 is 5.97 Å². The maximum absolute atomic E-state index is 10.0. The first-order valence-corrected chi connectivity index (χ1v) is 3.03. The monoisotopic (exact) mass is 157 g/mol. The molecule has 0 radical (unpaired) electrons. The van der Waals surface area contributed by atoms with Gasteiger partial charge in [0.1, 0.15) is 6.20 Å². The fourth-order valence-corrected chi connectivity index (χ4v) is 0.523. The van der Waals surface area contributed by atoms with Crippen molar-refractivity contribution in [3.63, 3.8) is 0 Å². The largest absolute Gasteiger partial charge is 0.488 e. The quantitative estimate of drug-likeness (QED) is 0.690. The van der Waals surface area contributed by atoms with Crippen molar-refractivity contribution in [1.82, 2.24) is 5.16 Å². The van der Waals surface area contributed by atoms with Gasteiger partial charge in [-0.25, -0.2) is 0 Å². The predicted molar refractivity (Wildman–Crippen MR) is 34.3 cm³/mol. The van der Waals surface area contributed by atoms with Gasteiger partial charge in [-0.2, -0.15) is 0 Å². The van der Waals surface area contributed by atoms with Gasteiger partial charge in [0.2, 0.25) is 0 Å². The van der Waals surface area contributed by atoms with Crippen LogP contribution in [0.4, 0.5) is 0 Å². The van der Waals surface area contributed by atoms with Gasteiger partial charge < -0.3 is 14.4 Å². The van der Waals surface area contributed by atoms with Crippen LogP contribution < -0.4 is 4.74 Å². The van der Waals surface area contributed by atoms with Gasteiger partial charge in [-0.1, -0.05) is 5.16 Å². The number of hydrogen-bond acceptors (Lipinski definition) is 4. The molecule has 1 aromatic rings. The van der Waals surface area contributed by atoms with Gasteiger partial charge in [0.25, 0.3) is 0 Å². The Morgan fingerprint density at radius 2 is 2.64 bits per heavy atom. The fraction of sp³-hybridized carbons (Fsp3) is 0.333. The average molecular weight is 157 g/mol. The van der Waals surface area contributed by atoms with E-state index in [0.717, 1.165) is 0 Å². The lowest BCUT2D eigenvalue weighted by atomic mass is 10.5. The number of hydrogen-bond donors (Lipinski definition) is 1. The minimum absolute atomic E-state index is 0.0226. The van der Waals surface area contributed by atoms with Crippen molar-refractivity contribution in [2.45, 2.75) is 6.42 Å². The average Bonchev–Trinajstić information content (AvgIpc) is 2.39. The van der Waals surface area contributed by atoms with E-state index in [1.165, 1.54) is 12.5 Å². The van der Waals surface area contributed by atoms with Gasteiger partial charge in [-0.15, -0.1) is 0 Å². The molecule has 0 aliphatic carbocycles. The number of rotatable bonds is 4. The molecular weight excluding hydrogens is 150 g/mol. The minimum atomic E-state index is -0.888. The second-order valence-corrected chi connectivity index (χ2v) is 1.85. The van der Waals surface area contributed by atoms with E-state index in [4.69, 9.17) is 9.84 Å². The molecule has 60 valence electrons. The van der Waals surface area contributed by atoms with Crippen LogP contribution in [0, 0.1) is 0 Å². The van der Waals surface area contributed by atoms with Crippen LogP contribution in [-0.4, -0.2) is 22.8 Å². The summed E-state index contributed by atoms with van der Waals surface area (Å²) in [5, 5.41) is 11.6. The summed E-state index contributed by atoms with van der Waals surface area (Å²) < 4.78 is 9.37. The Morgan fingerprint density at radius 3 is 3.18 bits per heavy atom. The smallest absolute Gasteiger partial charge is 0.306 e. The summed E-state index contributed by atoms with van der Waals surface area (Å²) in [6.07, 6.45) is 2.66. The molecule has 1 heterocycles. The van der Waals surface area contributed by atoms with Gasteiger partial charge >= 0.3 is 5.97 Å². The maximum atomic E-state index is 10.0. The zero-order valence-electron chi connectivity index (χ0n) is 5.69. The Labute approximate surface area is 62.6 Å². The molecule has 1 N–H and O–H groups in total. The number of carbonyl (C=O) groups is 1. The highest BCUT2D eigenvalue weighted by molar-refractivity contribution is 5.66. The molecule has 0 atom stereocenters. The molecule has 0 saturated heterocycles. The molecule has 11 heavy (non-hydrogen) atoms. The summed E-state index contributed by atoms with van der Waals surface area (Å²) in [5.41, 5.74) is 0. The molecule has 0 saturated carbocycles. The number of aliphatic carboxylic acids is 1. The summed E-state index contributed by atoms with van der Waals surface area (Å²) in [6.45, 7) is 0.135. The Hall–Kier alpha value is -1.52. The zero-order chi connectivity index (χ0) is 8.10. The molecule has 0 aliphatic heterocycles. The van der Waals surface area contributed by atoms with Crippen LogP contribution in [0.5, 0.6) is 5.75 Å². The zero-order valence-corrected chi connectivity index (χ0v) is 5.69. The van der Waals surface area contributed by atoms with Gasteiger partial charge in [-0.3, -0.25) is 4.79 Å². The van der Waals surface area contributed by atoms with Crippen LogP contribution in [0.2, 0.25) is 0 Å². The van der Waals surface area contributed by atoms with E-state index in [9.17, 15) is 4.79 Å². The molecule has 0 amide bonds. The topological polar surface area (TPSA) is 72.6 Å². The van der Waals surface area contributed by atoms with Crippen LogP contribution in [0.3, 0.4) is 0 Å². The van der Waals surface area contributed by atoms with E-state index in [2.05, 4.69) is 9.68 Å². The van der Waals surface area contributed by atoms with Crippen LogP contribution in [0.15, 0.2) is 17.0 Å². The van der Waals surface area contributed by atoms with Crippen molar-refractivity contribution in [1.29, 1.82) is 0 Å². The van der Waals surface area contributed by atoms with E-state index >= 15 is 0 Å². The van der Waals surface area contributed by atoms with E-state index in [-0.39, 0.29) is 13.0 Å². The number of carboxylic acid groups (broad SMARTS) is 1. The predicted octanol–water partition coefficient (Wildman–Crippen LogP) is 0.528. The summed E-state index contributed by atoms with van der Waals surface area (Å²) in [7, 11) is 0. The molecule has 0 fully saturated rings. The van der Waals surface area contributed by atoms with E-state index in [1.54, 1.807) is 0 Å². The molecule has 0 unspecified atom stereocenters. The molecular formula is C6H7NO4. The molecule has 0 spiro atoms. The highest BCUT2D eigenvalue weighted by atomic mass is 16.5. The SMILES string of the molecule is O=C(O)CCOc1cnoc1. The van der Waals surface area contributed by atoms with Crippen molar-refractivity contribution in [2.75, 3.05) is 6.61 Å². The van der Waals surface area contributed by atoms with Gasteiger partial charge in [0, 0.05) is 0 Å². The first kappa shape index (κ1) is 7.59. The van der Waals surface area contributed by atoms with E-state index in [0.29, 0.717) is 5.75 Å². The number of aromatic nitrogens is 1. The van der Waals surface area contributed by atoms with Crippen LogP contribution in [-0.2, 0) is 4.79 Å². The Morgan fingerprint density at radius 1 is 1.82 bits per heavy atom. The third kappa shape index (κ3) is 2.70. The van der Waals surface area contributed by atoms with Crippen LogP contribution >= 0.6 is 0 Å². The van der Waals surface area contributed by atoms with E-state index in [1.807, 2.05) is 0 Å². The third-order valence-corrected chi connectivity index (χ3v) is 0.994. The summed E-state index contributed by atoms with van der Waals surface area (Å²) in [4.78, 5) is 10.0. The fourth-order valence-electron chi connectivity index (χ4n) is 0.523.